The van der Waals surface area contributed by atoms with Gasteiger partial charge in [0, 0.05) is 26.2 Å². The first kappa shape index (κ1) is 14.7. The van der Waals surface area contributed by atoms with Gasteiger partial charge in [-0.05, 0) is 35.7 Å². The lowest BCUT2D eigenvalue weighted by Gasteiger charge is -2.19. The highest BCUT2D eigenvalue weighted by Gasteiger charge is 2.28. The number of amides is 2. The van der Waals surface area contributed by atoms with Crippen LogP contribution in [0.5, 0.6) is 0 Å². The molecule has 0 unspecified atom stereocenters. The monoisotopic (exact) mass is 281 g/mol. The van der Waals surface area contributed by atoms with Gasteiger partial charge in [0.05, 0.1) is 0 Å². The molecule has 2 N–H and O–H groups in total. The Morgan fingerprint density at radius 1 is 1.45 bits per heavy atom. The van der Waals surface area contributed by atoms with E-state index in [1.54, 1.807) is 0 Å². The molecule has 0 saturated carbocycles. The Balaban J connectivity index is 1.68. The van der Waals surface area contributed by atoms with Crippen molar-refractivity contribution in [2.45, 2.75) is 33.7 Å². The van der Waals surface area contributed by atoms with Crippen molar-refractivity contribution in [3.63, 3.8) is 0 Å². The number of carbonyl (C=O) groups excluding carboxylic acids is 1. The third-order valence-electron chi connectivity index (χ3n) is 3.53. The highest BCUT2D eigenvalue weighted by molar-refractivity contribution is 5.87. The number of hydrogen-bond donors (Lipinski definition) is 2. The maximum Gasteiger partial charge on any atom is 0.321 e. The molecule has 1 aliphatic rings. The van der Waals surface area contributed by atoms with Gasteiger partial charge in [0.15, 0.2) is 0 Å². The van der Waals surface area contributed by atoms with E-state index in [2.05, 4.69) is 44.9 Å². The van der Waals surface area contributed by atoms with E-state index in [0.29, 0.717) is 24.5 Å². The average molecular weight is 281 g/mol. The number of rotatable bonds is 5. The van der Waals surface area contributed by atoms with Crippen LogP contribution in [0.1, 0.15) is 27.2 Å². The van der Waals surface area contributed by atoms with Crippen molar-refractivity contribution in [1.29, 1.82) is 0 Å². The second-order valence-electron chi connectivity index (χ2n) is 5.89. The smallest absolute Gasteiger partial charge is 0.321 e. The molecule has 0 aliphatic carbocycles. The summed E-state index contributed by atoms with van der Waals surface area (Å²) in [7, 11) is 0. The van der Waals surface area contributed by atoms with E-state index in [-0.39, 0.29) is 6.03 Å². The van der Waals surface area contributed by atoms with Crippen LogP contribution < -0.4 is 10.6 Å². The highest BCUT2D eigenvalue weighted by Crippen LogP contribution is 2.28. The summed E-state index contributed by atoms with van der Waals surface area (Å²) in [5, 5.41) is 16.5. The number of nitrogens with one attached hydrogen (secondary N) is 2. The van der Waals surface area contributed by atoms with Crippen molar-refractivity contribution in [3.05, 3.63) is 0 Å². The van der Waals surface area contributed by atoms with Crippen molar-refractivity contribution in [3.8, 4) is 0 Å². The van der Waals surface area contributed by atoms with E-state index < -0.39 is 0 Å². The minimum Gasteiger partial charge on any atom is -0.337 e. The van der Waals surface area contributed by atoms with Crippen molar-refractivity contribution in [1.82, 2.24) is 30.4 Å². The molecule has 0 radical (unpaired) electrons. The zero-order chi connectivity index (χ0) is 14.6. The van der Waals surface area contributed by atoms with Gasteiger partial charge in [0.25, 0.3) is 5.95 Å². The summed E-state index contributed by atoms with van der Waals surface area (Å²) >= 11 is 0. The van der Waals surface area contributed by atoms with Crippen LogP contribution in [0.3, 0.4) is 0 Å². The molecule has 1 aromatic rings. The first-order valence-corrected chi connectivity index (χ1v) is 7.03. The SMILES string of the molecule is CCn1nnnc1NC(=O)NCCN1CCC(C)(C)C1. The van der Waals surface area contributed by atoms with Crippen molar-refractivity contribution >= 4 is 12.0 Å². The fourth-order valence-electron chi connectivity index (χ4n) is 2.40. The molecular weight excluding hydrogens is 258 g/mol. The Morgan fingerprint density at radius 3 is 2.90 bits per heavy atom. The third-order valence-corrected chi connectivity index (χ3v) is 3.53. The van der Waals surface area contributed by atoms with Crippen LogP contribution in [0.25, 0.3) is 0 Å². The molecule has 0 bridgehead atoms. The molecule has 0 atom stereocenters. The molecule has 0 spiro atoms. The molecule has 0 aromatic carbocycles. The quantitative estimate of drug-likeness (QED) is 0.822. The lowest BCUT2D eigenvalue weighted by Crippen LogP contribution is -2.37. The summed E-state index contributed by atoms with van der Waals surface area (Å²) in [4.78, 5) is 14.1. The van der Waals surface area contributed by atoms with Crippen LogP contribution in [0, 0.1) is 5.41 Å². The standard InChI is InChI=1S/C12H23N7O/c1-4-19-10(15-16-17-19)14-11(20)13-6-8-18-7-5-12(2,3)9-18/h4-9H2,1-3H3,(H2,13,14,15,17,20). The van der Waals surface area contributed by atoms with Gasteiger partial charge in [-0.15, -0.1) is 0 Å². The number of aromatic nitrogens is 4. The lowest BCUT2D eigenvalue weighted by atomic mass is 9.93. The molecule has 1 aliphatic heterocycles. The molecule has 20 heavy (non-hydrogen) atoms. The van der Waals surface area contributed by atoms with Gasteiger partial charge in [-0.2, -0.15) is 0 Å². The predicted octanol–water partition coefficient (Wildman–Crippen LogP) is 0.546. The van der Waals surface area contributed by atoms with E-state index >= 15 is 0 Å². The molecule has 2 heterocycles. The minimum atomic E-state index is -0.270. The van der Waals surface area contributed by atoms with E-state index in [1.807, 2.05) is 6.92 Å². The van der Waals surface area contributed by atoms with E-state index in [4.69, 9.17) is 0 Å². The Labute approximate surface area is 118 Å². The van der Waals surface area contributed by atoms with Gasteiger partial charge in [0.1, 0.15) is 0 Å². The van der Waals surface area contributed by atoms with E-state index in [9.17, 15) is 4.79 Å². The zero-order valence-corrected chi connectivity index (χ0v) is 12.4. The number of anilines is 1. The van der Waals surface area contributed by atoms with Crippen molar-refractivity contribution in [2.24, 2.45) is 5.41 Å². The maximum absolute atomic E-state index is 11.7. The molecule has 1 fully saturated rings. The summed E-state index contributed by atoms with van der Waals surface area (Å²) in [5.41, 5.74) is 0.394. The summed E-state index contributed by atoms with van der Waals surface area (Å²) in [6.45, 7) is 10.8. The summed E-state index contributed by atoms with van der Waals surface area (Å²) in [6, 6.07) is -0.270. The van der Waals surface area contributed by atoms with Crippen LogP contribution in [0.2, 0.25) is 0 Å². The van der Waals surface area contributed by atoms with E-state index in [0.717, 1.165) is 19.6 Å². The predicted molar refractivity (Wildman–Crippen MR) is 75.4 cm³/mol. The Kier molecular flexibility index (Phi) is 4.53. The Hall–Kier alpha value is -1.70. The van der Waals surface area contributed by atoms with Gasteiger partial charge in [-0.1, -0.05) is 18.9 Å². The minimum absolute atomic E-state index is 0.270. The van der Waals surface area contributed by atoms with Crippen molar-refractivity contribution in [2.75, 3.05) is 31.5 Å². The largest absolute Gasteiger partial charge is 0.337 e. The third kappa shape index (κ3) is 3.89. The van der Waals surface area contributed by atoms with Gasteiger partial charge in [-0.3, -0.25) is 5.32 Å². The molecule has 1 aromatic heterocycles. The van der Waals surface area contributed by atoms with Crippen LogP contribution in [-0.4, -0.2) is 57.3 Å². The zero-order valence-electron chi connectivity index (χ0n) is 12.4. The number of carbonyl (C=O) groups is 1. The molecular formula is C12H23N7O. The van der Waals surface area contributed by atoms with Gasteiger partial charge < -0.3 is 10.2 Å². The molecule has 8 heteroatoms. The average Bonchev–Trinajstić information content (AvgIpc) is 2.95. The van der Waals surface area contributed by atoms with Gasteiger partial charge >= 0.3 is 6.03 Å². The molecule has 2 rings (SSSR count). The number of hydrogen-bond acceptors (Lipinski definition) is 5. The fraction of sp³-hybridized carbons (Fsp3) is 0.833. The molecule has 8 nitrogen and oxygen atoms in total. The maximum atomic E-state index is 11.7. The number of nitrogens with zero attached hydrogens (tertiary/aromatic N) is 5. The fourth-order valence-corrected chi connectivity index (χ4v) is 2.40. The second kappa shape index (κ2) is 6.17. The lowest BCUT2D eigenvalue weighted by molar-refractivity contribution is 0.247. The molecule has 112 valence electrons. The van der Waals surface area contributed by atoms with Crippen LogP contribution in [0.15, 0.2) is 0 Å². The first-order chi connectivity index (χ1) is 9.50. The number of aryl methyl sites for hydroxylation is 1. The highest BCUT2D eigenvalue weighted by atomic mass is 16.2. The van der Waals surface area contributed by atoms with Gasteiger partial charge in [-0.25, -0.2) is 9.48 Å². The summed E-state index contributed by atoms with van der Waals surface area (Å²) < 4.78 is 1.53. The summed E-state index contributed by atoms with van der Waals surface area (Å²) in [6.07, 6.45) is 1.21. The van der Waals surface area contributed by atoms with Crippen LogP contribution >= 0.6 is 0 Å². The number of likely N-dealkylation sites (tertiary alicyclic amines) is 1. The van der Waals surface area contributed by atoms with Gasteiger partial charge in [0.2, 0.25) is 0 Å². The van der Waals surface area contributed by atoms with Crippen LogP contribution in [0.4, 0.5) is 10.7 Å². The Morgan fingerprint density at radius 2 is 2.25 bits per heavy atom. The Bertz CT molecular complexity index is 456. The van der Waals surface area contributed by atoms with Crippen LogP contribution in [-0.2, 0) is 6.54 Å². The molecule has 1 saturated heterocycles. The number of urea groups is 1. The van der Waals surface area contributed by atoms with Crippen molar-refractivity contribution < 1.29 is 4.79 Å². The van der Waals surface area contributed by atoms with E-state index in [1.165, 1.54) is 11.1 Å². The number of tetrazole rings is 1. The normalized spacial score (nSPS) is 18.1. The topological polar surface area (TPSA) is 88.0 Å². The first-order valence-electron chi connectivity index (χ1n) is 7.03. The summed E-state index contributed by atoms with van der Waals surface area (Å²) in [5.74, 6) is 0.368. The molecule has 2 amide bonds. The second-order valence-corrected chi connectivity index (χ2v) is 5.89.